The van der Waals surface area contributed by atoms with Crippen molar-refractivity contribution in [1.82, 2.24) is 14.9 Å². The van der Waals surface area contributed by atoms with Crippen LogP contribution in [0, 0.1) is 26.6 Å². The molecule has 2 aliphatic heterocycles. The predicted octanol–water partition coefficient (Wildman–Crippen LogP) is 4.55. The molecule has 0 radical (unpaired) electrons. The molecule has 6 heteroatoms. The normalized spacial score (nSPS) is 17.4. The van der Waals surface area contributed by atoms with Crippen LogP contribution in [0.15, 0.2) is 24.3 Å². The van der Waals surface area contributed by atoms with E-state index in [0.717, 1.165) is 56.3 Å². The maximum Gasteiger partial charge on any atom is 0.206 e. The van der Waals surface area contributed by atoms with Crippen LogP contribution in [0.4, 0.5) is 16.0 Å². The Morgan fingerprint density at radius 1 is 0.875 bits per heavy atom. The molecule has 3 heterocycles. The van der Waals surface area contributed by atoms with Gasteiger partial charge in [0.1, 0.15) is 11.3 Å². The minimum atomic E-state index is -0.0997. The summed E-state index contributed by atoms with van der Waals surface area (Å²) in [6.07, 6.45) is 3.71. The summed E-state index contributed by atoms with van der Waals surface area (Å²) in [7, 11) is 0. The smallest absolute Gasteiger partial charge is 0.206 e. The van der Waals surface area contributed by atoms with Gasteiger partial charge in [-0.3, -0.25) is 0 Å². The van der Waals surface area contributed by atoms with E-state index >= 15 is 0 Å². The van der Waals surface area contributed by atoms with E-state index in [2.05, 4.69) is 38.7 Å². The molecule has 1 aromatic heterocycles. The molecule has 0 spiro atoms. The van der Waals surface area contributed by atoms with Crippen LogP contribution in [0.3, 0.4) is 0 Å². The van der Waals surface area contributed by atoms with Gasteiger partial charge < -0.3 is 19.7 Å². The van der Waals surface area contributed by atoms with Gasteiger partial charge in [0, 0.05) is 39.3 Å². The van der Waals surface area contributed by atoms with Gasteiger partial charge in [-0.25, -0.2) is 9.37 Å². The van der Waals surface area contributed by atoms with Gasteiger partial charge in [0.25, 0.3) is 0 Å². The topological polar surface area (TPSA) is 36.3 Å². The lowest BCUT2D eigenvalue weighted by molar-refractivity contribution is 0.560. The third-order valence-corrected chi connectivity index (χ3v) is 6.89. The van der Waals surface area contributed by atoms with Crippen molar-refractivity contribution in [2.24, 2.45) is 0 Å². The van der Waals surface area contributed by atoms with Gasteiger partial charge in [0.2, 0.25) is 5.95 Å². The summed E-state index contributed by atoms with van der Waals surface area (Å²) in [5.74, 6) is 0.957. The van der Waals surface area contributed by atoms with Crippen LogP contribution >= 0.6 is 0 Å². The first-order chi connectivity index (χ1) is 15.5. The van der Waals surface area contributed by atoms with Crippen molar-refractivity contribution < 1.29 is 4.39 Å². The number of nitrogens with one attached hydrogen (secondary N) is 1. The average Bonchev–Trinajstić information content (AvgIpc) is 3.16. The predicted molar refractivity (Wildman–Crippen MR) is 131 cm³/mol. The van der Waals surface area contributed by atoms with Gasteiger partial charge in [-0.2, -0.15) is 0 Å². The molecular weight excluding hydrogens is 401 g/mol. The monoisotopic (exact) mass is 435 g/mol. The maximum absolute atomic E-state index is 14.3. The molecular formula is C26H34FN5. The third kappa shape index (κ3) is 3.96. The lowest BCUT2D eigenvalue weighted by Crippen LogP contribution is -2.43. The van der Waals surface area contributed by atoms with Crippen LogP contribution in [0.2, 0.25) is 0 Å². The summed E-state index contributed by atoms with van der Waals surface area (Å²) in [4.78, 5) is 10.2. The molecule has 32 heavy (non-hydrogen) atoms. The van der Waals surface area contributed by atoms with Crippen LogP contribution in [-0.2, 0) is 6.54 Å². The zero-order valence-corrected chi connectivity index (χ0v) is 19.5. The molecule has 2 saturated heterocycles. The number of imidazole rings is 1. The highest BCUT2D eigenvalue weighted by Gasteiger charge is 2.24. The summed E-state index contributed by atoms with van der Waals surface area (Å²) in [6.45, 7) is 12.7. The number of halogens is 1. The summed E-state index contributed by atoms with van der Waals surface area (Å²) in [5, 5.41) is 3.46. The lowest BCUT2D eigenvalue weighted by atomic mass is 10.1. The second kappa shape index (κ2) is 8.74. The first-order valence-corrected chi connectivity index (χ1v) is 12.0. The number of piperidine rings is 1. The Bertz CT molecular complexity index is 1100. The van der Waals surface area contributed by atoms with E-state index in [4.69, 9.17) is 4.98 Å². The minimum Gasteiger partial charge on any atom is -0.367 e. The summed E-state index contributed by atoms with van der Waals surface area (Å²) < 4.78 is 16.7. The van der Waals surface area contributed by atoms with Crippen LogP contribution in [-0.4, -0.2) is 48.8 Å². The van der Waals surface area contributed by atoms with Gasteiger partial charge in [0.05, 0.1) is 17.7 Å². The van der Waals surface area contributed by atoms with E-state index in [9.17, 15) is 4.39 Å². The molecule has 1 N–H and O–H groups in total. The van der Waals surface area contributed by atoms with E-state index in [1.165, 1.54) is 36.0 Å². The molecule has 2 fully saturated rings. The van der Waals surface area contributed by atoms with Crippen LogP contribution in [0.1, 0.15) is 41.5 Å². The zero-order valence-electron chi connectivity index (χ0n) is 19.5. The lowest BCUT2D eigenvalue weighted by Gasteiger charge is -2.30. The standard InChI is InChI=1S/C26H34FN5/c1-18-13-22(30-11-7-28-8-12-30)25-23(14-18)32(26(29-25)31-9-5-4-6-10-31)17-21-15-19(2)24(27)20(3)16-21/h13-16,28H,4-12,17H2,1-3H3. The number of piperazine rings is 1. The number of nitrogens with zero attached hydrogens (tertiary/aromatic N) is 4. The first-order valence-electron chi connectivity index (χ1n) is 12.0. The van der Waals surface area contributed by atoms with Crippen LogP contribution < -0.4 is 15.1 Å². The third-order valence-electron chi connectivity index (χ3n) is 6.89. The Hall–Kier alpha value is -2.60. The van der Waals surface area contributed by atoms with Crippen LogP contribution in [0.25, 0.3) is 11.0 Å². The van der Waals surface area contributed by atoms with Crippen molar-refractivity contribution in [1.29, 1.82) is 0 Å². The van der Waals surface area contributed by atoms with Crippen molar-refractivity contribution in [3.63, 3.8) is 0 Å². The molecule has 5 rings (SSSR count). The number of hydrogen-bond donors (Lipinski definition) is 1. The van der Waals surface area contributed by atoms with Crippen molar-refractivity contribution in [2.75, 3.05) is 49.1 Å². The molecule has 2 aliphatic rings. The van der Waals surface area contributed by atoms with Gasteiger partial charge in [-0.1, -0.05) is 12.1 Å². The molecule has 0 saturated carbocycles. The number of benzene rings is 2. The second-order valence-corrected chi connectivity index (χ2v) is 9.48. The highest BCUT2D eigenvalue weighted by Crippen LogP contribution is 2.34. The Morgan fingerprint density at radius 3 is 2.25 bits per heavy atom. The number of aromatic nitrogens is 2. The quantitative estimate of drug-likeness (QED) is 0.652. The van der Waals surface area contributed by atoms with Gasteiger partial charge >= 0.3 is 0 Å². The Balaban J connectivity index is 1.65. The highest BCUT2D eigenvalue weighted by molar-refractivity contribution is 5.92. The average molecular weight is 436 g/mol. The van der Waals surface area contributed by atoms with Crippen LogP contribution in [0.5, 0.6) is 0 Å². The van der Waals surface area contributed by atoms with Crippen molar-refractivity contribution in [3.05, 3.63) is 52.3 Å². The van der Waals surface area contributed by atoms with E-state index in [1.807, 2.05) is 26.0 Å². The molecule has 0 unspecified atom stereocenters. The molecule has 0 bridgehead atoms. The summed E-state index contributed by atoms with van der Waals surface area (Å²) >= 11 is 0. The molecule has 3 aromatic rings. The molecule has 0 atom stereocenters. The molecule has 2 aromatic carbocycles. The number of hydrogen-bond acceptors (Lipinski definition) is 4. The summed E-state index contributed by atoms with van der Waals surface area (Å²) in [6, 6.07) is 8.53. The van der Waals surface area contributed by atoms with Crippen molar-refractivity contribution in [2.45, 2.75) is 46.6 Å². The largest absolute Gasteiger partial charge is 0.367 e. The Morgan fingerprint density at radius 2 is 1.56 bits per heavy atom. The number of aryl methyl sites for hydroxylation is 3. The van der Waals surface area contributed by atoms with E-state index in [0.29, 0.717) is 17.7 Å². The van der Waals surface area contributed by atoms with Gasteiger partial charge in [-0.05, 0) is 74.4 Å². The second-order valence-electron chi connectivity index (χ2n) is 9.48. The van der Waals surface area contributed by atoms with E-state index in [-0.39, 0.29) is 5.82 Å². The minimum absolute atomic E-state index is 0.0997. The van der Waals surface area contributed by atoms with E-state index < -0.39 is 0 Å². The highest BCUT2D eigenvalue weighted by atomic mass is 19.1. The Kier molecular flexibility index (Phi) is 5.80. The fraction of sp³-hybridized carbons (Fsp3) is 0.500. The molecule has 0 aliphatic carbocycles. The number of rotatable bonds is 4. The molecule has 5 nitrogen and oxygen atoms in total. The summed E-state index contributed by atoms with van der Waals surface area (Å²) in [5.41, 5.74) is 7.31. The van der Waals surface area contributed by atoms with Gasteiger partial charge in [0.15, 0.2) is 0 Å². The molecule has 0 amide bonds. The SMILES string of the molecule is Cc1cc(N2CCNCC2)c2nc(N3CCCCC3)n(Cc3cc(C)c(F)c(C)c3)c2c1. The Labute approximate surface area is 190 Å². The fourth-order valence-corrected chi connectivity index (χ4v) is 5.28. The zero-order chi connectivity index (χ0) is 22.2. The molecule has 170 valence electrons. The maximum atomic E-state index is 14.3. The first kappa shape index (κ1) is 21.3. The number of anilines is 2. The number of fused-ring (bicyclic) bond motifs is 1. The van der Waals surface area contributed by atoms with E-state index in [1.54, 1.807) is 0 Å². The van der Waals surface area contributed by atoms with Crippen molar-refractivity contribution >= 4 is 22.7 Å². The van der Waals surface area contributed by atoms with Gasteiger partial charge in [-0.15, -0.1) is 0 Å². The van der Waals surface area contributed by atoms with Crippen molar-refractivity contribution in [3.8, 4) is 0 Å². The fourth-order valence-electron chi connectivity index (χ4n) is 5.28.